The van der Waals surface area contributed by atoms with Crippen molar-refractivity contribution in [3.63, 3.8) is 0 Å². The summed E-state index contributed by atoms with van der Waals surface area (Å²) < 4.78 is 25.9. The van der Waals surface area contributed by atoms with Gasteiger partial charge in [0.15, 0.2) is 11.5 Å². The van der Waals surface area contributed by atoms with Crippen LogP contribution in [0.15, 0.2) is 70.7 Å². The summed E-state index contributed by atoms with van der Waals surface area (Å²) in [5, 5.41) is 1.35. The van der Waals surface area contributed by atoms with Gasteiger partial charge in [0.05, 0.1) is 12.3 Å². The normalized spacial score (nSPS) is 14.5. The molecule has 34 heavy (non-hydrogen) atoms. The second kappa shape index (κ2) is 10.3. The Bertz CT molecular complexity index is 1280. The average Bonchev–Trinajstić information content (AvgIpc) is 3.12. The Balaban J connectivity index is 1.67. The Hall–Kier alpha value is -3.36. The number of nitrogens with zero attached hydrogens (tertiary/aromatic N) is 1. The van der Waals surface area contributed by atoms with E-state index in [4.69, 9.17) is 21.1 Å². The lowest BCUT2D eigenvalue weighted by molar-refractivity contribution is -0.117. The SMILES string of the molecule is CCOc1cc(/C=C2/C(=O)NN(c3ccccc3)C2=O)c(Br)c(Cl)c1OCc1ccccc1F. The first kappa shape index (κ1) is 23.8. The van der Waals surface area contributed by atoms with Crippen LogP contribution in [0.25, 0.3) is 6.08 Å². The molecule has 0 atom stereocenters. The molecule has 0 saturated carbocycles. The molecular formula is C25H19BrClFN2O4. The highest BCUT2D eigenvalue weighted by atomic mass is 79.9. The highest BCUT2D eigenvalue weighted by Crippen LogP contribution is 2.44. The fourth-order valence-corrected chi connectivity index (χ4v) is 4.01. The molecule has 1 aliphatic heterocycles. The van der Waals surface area contributed by atoms with Crippen LogP contribution in [0.1, 0.15) is 18.1 Å². The van der Waals surface area contributed by atoms with E-state index in [9.17, 15) is 14.0 Å². The maximum atomic E-state index is 14.0. The minimum atomic E-state index is -0.547. The molecule has 0 spiro atoms. The predicted molar refractivity (Wildman–Crippen MR) is 131 cm³/mol. The summed E-state index contributed by atoms with van der Waals surface area (Å²) in [6.45, 7) is 2.04. The van der Waals surface area contributed by atoms with E-state index in [-0.39, 0.29) is 23.0 Å². The number of carbonyl (C=O) groups excluding carboxylic acids is 2. The Kier molecular flexibility index (Phi) is 7.19. The van der Waals surface area contributed by atoms with Crippen LogP contribution in [-0.4, -0.2) is 18.4 Å². The van der Waals surface area contributed by atoms with Gasteiger partial charge in [-0.2, -0.15) is 0 Å². The summed E-state index contributed by atoms with van der Waals surface area (Å²) in [5.74, 6) is -0.934. The van der Waals surface area contributed by atoms with E-state index in [1.807, 2.05) is 6.07 Å². The number of para-hydroxylation sites is 1. The summed E-state index contributed by atoms with van der Waals surface area (Å²) >= 11 is 9.98. The lowest BCUT2D eigenvalue weighted by Gasteiger charge is -2.16. The Morgan fingerprint density at radius 1 is 1.09 bits per heavy atom. The zero-order valence-corrected chi connectivity index (χ0v) is 20.3. The molecule has 0 aliphatic carbocycles. The van der Waals surface area contributed by atoms with Crippen molar-refractivity contribution in [2.24, 2.45) is 0 Å². The Morgan fingerprint density at radius 2 is 1.79 bits per heavy atom. The molecule has 4 rings (SSSR count). The number of carbonyl (C=O) groups is 2. The Labute approximate surface area is 209 Å². The fourth-order valence-electron chi connectivity index (χ4n) is 3.34. The van der Waals surface area contributed by atoms with Crippen molar-refractivity contribution >= 4 is 51.1 Å². The minimum absolute atomic E-state index is 0.0632. The number of hydrogen-bond donors (Lipinski definition) is 1. The van der Waals surface area contributed by atoms with Crippen molar-refractivity contribution in [3.8, 4) is 11.5 Å². The van der Waals surface area contributed by atoms with Crippen molar-refractivity contribution < 1.29 is 23.5 Å². The Morgan fingerprint density at radius 3 is 2.50 bits per heavy atom. The van der Waals surface area contributed by atoms with Crippen LogP contribution in [0.3, 0.4) is 0 Å². The molecule has 0 bridgehead atoms. The number of anilines is 1. The monoisotopic (exact) mass is 544 g/mol. The smallest absolute Gasteiger partial charge is 0.282 e. The molecule has 3 aromatic carbocycles. The van der Waals surface area contributed by atoms with E-state index >= 15 is 0 Å². The zero-order chi connectivity index (χ0) is 24.2. The van der Waals surface area contributed by atoms with Gasteiger partial charge < -0.3 is 9.47 Å². The molecule has 0 radical (unpaired) electrons. The third-order valence-corrected chi connectivity index (χ3v) is 6.43. The molecule has 1 aliphatic rings. The summed E-state index contributed by atoms with van der Waals surface area (Å²) in [6.07, 6.45) is 1.43. The van der Waals surface area contributed by atoms with Crippen LogP contribution in [0.2, 0.25) is 5.02 Å². The molecular weight excluding hydrogens is 527 g/mol. The molecule has 0 unspecified atom stereocenters. The van der Waals surface area contributed by atoms with Gasteiger partial charge in [0, 0.05) is 10.0 Å². The second-order valence-corrected chi connectivity index (χ2v) is 8.38. The predicted octanol–water partition coefficient (Wildman–Crippen LogP) is 5.68. The number of hydrogen-bond acceptors (Lipinski definition) is 4. The number of rotatable bonds is 7. The molecule has 1 fully saturated rings. The van der Waals surface area contributed by atoms with Gasteiger partial charge in [0.1, 0.15) is 23.0 Å². The van der Waals surface area contributed by atoms with E-state index in [0.29, 0.717) is 33.6 Å². The number of hydrazine groups is 1. The van der Waals surface area contributed by atoms with E-state index in [1.165, 1.54) is 17.2 Å². The van der Waals surface area contributed by atoms with Gasteiger partial charge in [-0.05, 0) is 58.8 Å². The van der Waals surface area contributed by atoms with Crippen molar-refractivity contribution in [3.05, 3.63) is 92.7 Å². The zero-order valence-electron chi connectivity index (χ0n) is 18.0. The lowest BCUT2D eigenvalue weighted by Crippen LogP contribution is -2.35. The first-order chi connectivity index (χ1) is 16.4. The van der Waals surface area contributed by atoms with Gasteiger partial charge in [0.2, 0.25) is 0 Å². The first-order valence-corrected chi connectivity index (χ1v) is 11.5. The summed E-state index contributed by atoms with van der Waals surface area (Å²) in [4.78, 5) is 25.5. The average molecular weight is 546 g/mol. The van der Waals surface area contributed by atoms with Crippen LogP contribution in [0, 0.1) is 5.82 Å². The van der Waals surface area contributed by atoms with Crippen molar-refractivity contribution in [2.45, 2.75) is 13.5 Å². The van der Waals surface area contributed by atoms with E-state index in [0.717, 1.165) is 0 Å². The van der Waals surface area contributed by atoms with Crippen molar-refractivity contribution in [1.29, 1.82) is 0 Å². The molecule has 3 aromatic rings. The lowest BCUT2D eigenvalue weighted by atomic mass is 10.1. The number of amides is 2. The summed E-state index contributed by atoms with van der Waals surface area (Å²) in [6, 6.07) is 16.6. The standard InChI is InChI=1S/C25H19BrClFN2O4/c1-2-33-20-13-16(12-18-24(31)29-30(25(18)32)17-9-4-3-5-10-17)21(26)22(27)23(20)34-14-15-8-6-7-11-19(15)28/h3-13H,2,14H2,1H3,(H,29,31)/b18-12-. The van der Waals surface area contributed by atoms with Gasteiger partial charge in [0.25, 0.3) is 11.8 Å². The second-order valence-electron chi connectivity index (χ2n) is 7.21. The van der Waals surface area contributed by atoms with Crippen LogP contribution in [-0.2, 0) is 16.2 Å². The quantitative estimate of drug-likeness (QED) is 0.306. The van der Waals surface area contributed by atoms with Crippen molar-refractivity contribution in [1.82, 2.24) is 5.43 Å². The van der Waals surface area contributed by atoms with Gasteiger partial charge in [-0.25, -0.2) is 9.40 Å². The molecule has 2 amide bonds. The maximum absolute atomic E-state index is 14.0. The van der Waals surface area contributed by atoms with Gasteiger partial charge in [-0.3, -0.25) is 15.0 Å². The number of ether oxygens (including phenoxy) is 2. The summed E-state index contributed by atoms with van der Waals surface area (Å²) in [7, 11) is 0. The van der Waals surface area contributed by atoms with Gasteiger partial charge >= 0.3 is 0 Å². The van der Waals surface area contributed by atoms with Crippen LogP contribution >= 0.6 is 27.5 Å². The third-order valence-electron chi connectivity index (χ3n) is 4.99. The largest absolute Gasteiger partial charge is 0.490 e. The maximum Gasteiger partial charge on any atom is 0.282 e. The van der Waals surface area contributed by atoms with Crippen LogP contribution < -0.4 is 19.9 Å². The minimum Gasteiger partial charge on any atom is -0.490 e. The molecule has 1 saturated heterocycles. The molecule has 0 aromatic heterocycles. The van der Waals surface area contributed by atoms with Crippen LogP contribution in [0.4, 0.5) is 10.1 Å². The summed E-state index contributed by atoms with van der Waals surface area (Å²) in [5.41, 5.74) is 3.83. The van der Waals surface area contributed by atoms with Gasteiger partial charge in [-0.15, -0.1) is 0 Å². The first-order valence-electron chi connectivity index (χ1n) is 10.3. The molecule has 1 N–H and O–H groups in total. The van der Waals surface area contributed by atoms with Crippen LogP contribution in [0.5, 0.6) is 11.5 Å². The van der Waals surface area contributed by atoms with Crippen molar-refractivity contribution in [2.75, 3.05) is 11.6 Å². The van der Waals surface area contributed by atoms with Gasteiger partial charge in [-0.1, -0.05) is 48.0 Å². The fraction of sp³-hybridized carbons (Fsp3) is 0.120. The molecule has 174 valence electrons. The van der Waals surface area contributed by atoms with E-state index in [1.54, 1.807) is 55.5 Å². The topological polar surface area (TPSA) is 67.9 Å². The number of nitrogens with one attached hydrogen (secondary N) is 1. The number of halogens is 3. The highest BCUT2D eigenvalue weighted by molar-refractivity contribution is 9.10. The molecule has 9 heteroatoms. The third kappa shape index (κ3) is 4.78. The highest BCUT2D eigenvalue weighted by Gasteiger charge is 2.34. The van der Waals surface area contributed by atoms with E-state index in [2.05, 4.69) is 21.4 Å². The molecule has 1 heterocycles. The van der Waals surface area contributed by atoms with E-state index < -0.39 is 17.6 Å². The molecule has 6 nitrogen and oxygen atoms in total. The number of benzene rings is 3.